The largest absolute Gasteiger partial charge is 0.460 e. The van der Waals surface area contributed by atoms with Gasteiger partial charge in [0.25, 0.3) is 0 Å². The second kappa shape index (κ2) is 15.3. The highest BCUT2D eigenvalue weighted by molar-refractivity contribution is 9.09. The van der Waals surface area contributed by atoms with Crippen molar-refractivity contribution in [2.75, 3.05) is 26.2 Å². The number of carbonyl (C=O) groups excluding carboxylic acids is 4. The molecule has 3 fully saturated rings. The van der Waals surface area contributed by atoms with Gasteiger partial charge in [0.2, 0.25) is 17.7 Å². The van der Waals surface area contributed by atoms with Crippen molar-refractivity contribution in [3.8, 4) is 0 Å². The van der Waals surface area contributed by atoms with Crippen molar-refractivity contribution in [2.45, 2.75) is 80.7 Å². The Labute approximate surface area is 267 Å². The van der Waals surface area contributed by atoms with E-state index in [1.165, 1.54) is 0 Å². The number of allylic oxidation sites excluding steroid dienone is 1. The van der Waals surface area contributed by atoms with Crippen LogP contribution in [0.5, 0.6) is 0 Å². The molecule has 11 heteroatoms. The van der Waals surface area contributed by atoms with Gasteiger partial charge in [0.15, 0.2) is 0 Å². The zero-order valence-electron chi connectivity index (χ0n) is 25.4. The number of halogens is 1. The third kappa shape index (κ3) is 7.10. The molecule has 2 bridgehead atoms. The van der Waals surface area contributed by atoms with E-state index in [0.717, 1.165) is 5.56 Å². The Hall–Kier alpha value is -3.02. The SMILES string of the molecule is C=CCCC(=O)NC[C@@H](C)OC(=O)[C@H]1[C@@H]2O[C@@]3(CC2Br)[C@@H]1C(=O)N(CCCCCO)[C@@H]3C(=O)N(CC=C)Cc1ccccc1. The Balaban J connectivity index is 1.59. The molecular formula is C33H44BrN3O7. The van der Waals surface area contributed by atoms with Crippen molar-refractivity contribution >= 4 is 39.6 Å². The summed E-state index contributed by atoms with van der Waals surface area (Å²) in [5.41, 5.74) is -0.260. The zero-order chi connectivity index (χ0) is 31.9. The molecule has 44 heavy (non-hydrogen) atoms. The van der Waals surface area contributed by atoms with Crippen molar-refractivity contribution in [3.63, 3.8) is 0 Å². The van der Waals surface area contributed by atoms with Crippen LogP contribution in [0, 0.1) is 11.8 Å². The zero-order valence-corrected chi connectivity index (χ0v) is 27.0. The summed E-state index contributed by atoms with van der Waals surface area (Å²) in [5, 5.41) is 12.0. The molecule has 0 aromatic heterocycles. The first-order valence-electron chi connectivity index (χ1n) is 15.4. The molecule has 1 unspecified atom stereocenters. The minimum absolute atomic E-state index is 0.0456. The van der Waals surface area contributed by atoms with E-state index >= 15 is 0 Å². The van der Waals surface area contributed by atoms with E-state index in [2.05, 4.69) is 34.4 Å². The van der Waals surface area contributed by atoms with Gasteiger partial charge in [-0.1, -0.05) is 58.4 Å². The second-order valence-electron chi connectivity index (χ2n) is 11.9. The molecule has 3 amide bonds. The fraction of sp³-hybridized carbons (Fsp3) is 0.576. The smallest absolute Gasteiger partial charge is 0.312 e. The van der Waals surface area contributed by atoms with Crippen molar-refractivity contribution < 1.29 is 33.8 Å². The number of rotatable bonds is 17. The lowest BCUT2D eigenvalue weighted by atomic mass is 9.70. The van der Waals surface area contributed by atoms with Crippen LogP contribution < -0.4 is 5.32 Å². The van der Waals surface area contributed by atoms with Crippen molar-refractivity contribution in [1.29, 1.82) is 0 Å². The first kappa shape index (κ1) is 33.9. The number of hydrogen-bond acceptors (Lipinski definition) is 7. The Morgan fingerprint density at radius 3 is 2.66 bits per heavy atom. The second-order valence-corrected chi connectivity index (χ2v) is 13.0. The van der Waals surface area contributed by atoms with Crippen LogP contribution in [0.4, 0.5) is 0 Å². The summed E-state index contributed by atoms with van der Waals surface area (Å²) in [6.45, 7) is 10.3. The number of alkyl halides is 1. The number of benzene rings is 1. The molecule has 3 aliphatic heterocycles. The molecule has 0 radical (unpaired) electrons. The van der Waals surface area contributed by atoms with Gasteiger partial charge in [0, 0.05) is 37.5 Å². The molecule has 3 heterocycles. The monoisotopic (exact) mass is 673 g/mol. The number of aliphatic hydroxyl groups excluding tert-OH is 1. The molecule has 10 nitrogen and oxygen atoms in total. The van der Waals surface area contributed by atoms with Crippen LogP contribution in [0.3, 0.4) is 0 Å². The van der Waals surface area contributed by atoms with Crippen LogP contribution in [0.15, 0.2) is 55.6 Å². The van der Waals surface area contributed by atoms with Crippen LogP contribution in [-0.2, 0) is 35.2 Å². The molecule has 4 rings (SSSR count). The van der Waals surface area contributed by atoms with Gasteiger partial charge in [-0.25, -0.2) is 0 Å². The molecule has 3 aliphatic rings. The number of unbranched alkanes of at least 4 members (excludes halogenated alkanes) is 2. The van der Waals surface area contributed by atoms with Crippen LogP contribution in [0.25, 0.3) is 0 Å². The van der Waals surface area contributed by atoms with Crippen molar-refractivity contribution in [1.82, 2.24) is 15.1 Å². The lowest BCUT2D eigenvalue weighted by Gasteiger charge is -2.37. The minimum atomic E-state index is -1.20. The van der Waals surface area contributed by atoms with E-state index in [1.807, 2.05) is 30.3 Å². The van der Waals surface area contributed by atoms with Gasteiger partial charge >= 0.3 is 5.97 Å². The van der Waals surface area contributed by atoms with E-state index in [-0.39, 0.29) is 42.2 Å². The van der Waals surface area contributed by atoms with Crippen LogP contribution >= 0.6 is 15.9 Å². The predicted octanol–water partition coefficient (Wildman–Crippen LogP) is 3.13. The number of fused-ring (bicyclic) bond motifs is 1. The summed E-state index contributed by atoms with van der Waals surface area (Å²) in [6.07, 6.45) is 5.16. The van der Waals surface area contributed by atoms with E-state index in [0.29, 0.717) is 51.6 Å². The topological polar surface area (TPSA) is 125 Å². The number of aliphatic hydroxyl groups is 1. The first-order valence-corrected chi connectivity index (χ1v) is 16.3. The van der Waals surface area contributed by atoms with Gasteiger partial charge in [-0.15, -0.1) is 13.2 Å². The fourth-order valence-corrected chi connectivity index (χ4v) is 7.69. The average Bonchev–Trinajstić information content (AvgIpc) is 3.60. The molecular weight excluding hydrogens is 630 g/mol. The number of nitrogens with one attached hydrogen (secondary N) is 1. The summed E-state index contributed by atoms with van der Waals surface area (Å²) in [5.74, 6) is -3.07. The number of amides is 3. The molecule has 2 N–H and O–H groups in total. The van der Waals surface area contributed by atoms with Crippen LogP contribution in [0.1, 0.15) is 51.0 Å². The quantitative estimate of drug-likeness (QED) is 0.113. The number of nitrogens with zero attached hydrogens (tertiary/aromatic N) is 2. The minimum Gasteiger partial charge on any atom is -0.460 e. The fourth-order valence-electron chi connectivity index (χ4n) is 6.75. The first-order chi connectivity index (χ1) is 21.2. The Kier molecular flexibility index (Phi) is 11.8. The number of esters is 1. The van der Waals surface area contributed by atoms with Crippen molar-refractivity contribution in [3.05, 3.63) is 61.2 Å². The van der Waals surface area contributed by atoms with Gasteiger partial charge < -0.3 is 29.7 Å². The van der Waals surface area contributed by atoms with E-state index < -0.39 is 41.7 Å². The van der Waals surface area contributed by atoms with Crippen LogP contribution in [0.2, 0.25) is 0 Å². The lowest BCUT2D eigenvalue weighted by Crippen LogP contribution is -2.56. The Morgan fingerprint density at radius 1 is 1.23 bits per heavy atom. The van der Waals surface area contributed by atoms with Gasteiger partial charge in [-0.2, -0.15) is 0 Å². The molecule has 0 saturated carbocycles. The van der Waals surface area contributed by atoms with Gasteiger partial charge in [0.05, 0.1) is 24.5 Å². The Bertz CT molecular complexity index is 1210. The van der Waals surface area contributed by atoms with E-state index in [1.54, 1.807) is 28.9 Å². The average molecular weight is 675 g/mol. The summed E-state index contributed by atoms with van der Waals surface area (Å²) < 4.78 is 12.4. The maximum atomic E-state index is 14.5. The highest BCUT2D eigenvalue weighted by Crippen LogP contribution is 2.60. The number of likely N-dealkylation sites (tertiary alicyclic amines) is 1. The summed E-state index contributed by atoms with van der Waals surface area (Å²) in [4.78, 5) is 57.5. The molecule has 0 aliphatic carbocycles. The highest BCUT2D eigenvalue weighted by atomic mass is 79.9. The molecule has 1 spiro atoms. The number of hydrogen-bond donors (Lipinski definition) is 2. The number of ether oxygens (including phenoxy) is 2. The van der Waals surface area contributed by atoms with Gasteiger partial charge in [-0.3, -0.25) is 19.2 Å². The summed E-state index contributed by atoms with van der Waals surface area (Å²) in [7, 11) is 0. The Morgan fingerprint density at radius 2 is 1.98 bits per heavy atom. The number of carbonyl (C=O) groups is 4. The maximum Gasteiger partial charge on any atom is 0.312 e. The predicted molar refractivity (Wildman–Crippen MR) is 168 cm³/mol. The molecule has 1 aromatic rings. The molecule has 240 valence electrons. The third-order valence-corrected chi connectivity index (χ3v) is 9.55. The molecule has 3 saturated heterocycles. The summed E-state index contributed by atoms with van der Waals surface area (Å²) in [6, 6.07) is 8.69. The van der Waals surface area contributed by atoms with E-state index in [4.69, 9.17) is 9.47 Å². The van der Waals surface area contributed by atoms with Gasteiger partial charge in [0.1, 0.15) is 17.7 Å². The maximum absolute atomic E-state index is 14.5. The van der Waals surface area contributed by atoms with Gasteiger partial charge in [-0.05, 0) is 44.6 Å². The molecule has 7 atom stereocenters. The standard InChI is InChI=1S/C33H44BrN3O7/c1-4-6-15-25(39)35-20-22(3)43-32(42)26-27-30(40)37(17-11-8-12-18-38)29(33(27)19-24(34)28(26)44-33)31(41)36(16-5-2)21-23-13-9-7-10-14-23/h4-5,7,9-10,13-14,22,24,26-29,38H,1-2,6,8,11-12,15-21H2,3H3,(H,35,39)/t22-,24?,26-,27+,28-,29-,33+/m1/s1. The van der Waals surface area contributed by atoms with Crippen LogP contribution in [-0.4, -0.2) is 93.5 Å². The third-order valence-electron chi connectivity index (χ3n) is 8.71. The van der Waals surface area contributed by atoms with Crippen molar-refractivity contribution in [2.24, 2.45) is 11.8 Å². The van der Waals surface area contributed by atoms with E-state index in [9.17, 15) is 24.3 Å². The highest BCUT2D eigenvalue weighted by Gasteiger charge is 2.77. The summed E-state index contributed by atoms with van der Waals surface area (Å²) >= 11 is 3.69. The normalized spacial score (nSPS) is 27.5. The lowest BCUT2D eigenvalue weighted by molar-refractivity contribution is -0.159. The molecule has 1 aromatic carbocycles.